The van der Waals surface area contributed by atoms with Crippen molar-refractivity contribution in [1.29, 1.82) is 0 Å². The Morgan fingerprint density at radius 2 is 2.10 bits per heavy atom. The Morgan fingerprint density at radius 3 is 2.82 bits per heavy atom. The third-order valence-corrected chi connectivity index (χ3v) is 9.38. The lowest BCUT2D eigenvalue weighted by Crippen LogP contribution is -2.44. The summed E-state index contributed by atoms with van der Waals surface area (Å²) < 4.78 is 36.7. The number of rotatable bonds is 5. The van der Waals surface area contributed by atoms with Gasteiger partial charge in [0.1, 0.15) is 5.02 Å². The second-order valence-corrected chi connectivity index (χ2v) is 12.2. The highest BCUT2D eigenvalue weighted by molar-refractivity contribution is 6.33. The second-order valence-electron chi connectivity index (χ2n) is 11.8. The SMILES string of the molecule is Cn1c(=O)c2c(c3cc(Nc4nc(N5C[C@]6(C)C[C@]6(CO)C5)ncc4Cl)ccc31)N[C@@H](C1CC1)C(F)(F)CO2. The number of nitrogens with zero attached hydrogens (tertiary/aromatic N) is 4. The maximum Gasteiger partial charge on any atom is 0.301 e. The molecule has 2 aliphatic carbocycles. The summed E-state index contributed by atoms with van der Waals surface area (Å²) >= 11 is 6.46. The lowest BCUT2D eigenvalue weighted by atomic mass is 10.00. The summed E-state index contributed by atoms with van der Waals surface area (Å²) in [6.45, 7) is 2.89. The molecule has 3 fully saturated rings. The molecule has 2 saturated carbocycles. The van der Waals surface area contributed by atoms with Crippen LogP contribution < -0.4 is 25.8 Å². The van der Waals surface area contributed by atoms with Gasteiger partial charge in [-0.25, -0.2) is 13.8 Å². The van der Waals surface area contributed by atoms with Crippen LogP contribution in [0.5, 0.6) is 5.75 Å². The van der Waals surface area contributed by atoms with Gasteiger partial charge >= 0.3 is 5.92 Å². The number of aryl methyl sites for hydroxylation is 1. The molecule has 4 heterocycles. The van der Waals surface area contributed by atoms with E-state index in [1.165, 1.54) is 4.57 Å². The monoisotopic (exact) mass is 558 g/mol. The quantitative estimate of drug-likeness (QED) is 0.429. The molecular formula is C27H29ClF2N6O3. The Morgan fingerprint density at radius 1 is 1.31 bits per heavy atom. The highest BCUT2D eigenvalue weighted by Gasteiger charge is 2.69. The highest BCUT2D eigenvalue weighted by atomic mass is 35.5. The van der Waals surface area contributed by atoms with Gasteiger partial charge in [0, 0.05) is 36.6 Å². The molecule has 2 aliphatic heterocycles. The van der Waals surface area contributed by atoms with Gasteiger partial charge < -0.3 is 29.9 Å². The minimum absolute atomic E-state index is 0.0502. The van der Waals surface area contributed by atoms with Crippen molar-refractivity contribution < 1.29 is 18.6 Å². The summed E-state index contributed by atoms with van der Waals surface area (Å²) in [5, 5.41) is 17.0. The van der Waals surface area contributed by atoms with Crippen LogP contribution in [0.3, 0.4) is 0 Å². The molecule has 3 N–H and O–H groups in total. The maximum absolute atomic E-state index is 14.9. The zero-order chi connectivity index (χ0) is 27.3. The topological polar surface area (TPSA) is 105 Å². The fraction of sp³-hybridized carbons (Fsp3) is 0.519. The minimum atomic E-state index is -3.11. The third-order valence-electron chi connectivity index (χ3n) is 9.11. The van der Waals surface area contributed by atoms with Gasteiger partial charge in [0.2, 0.25) is 11.7 Å². The van der Waals surface area contributed by atoms with Gasteiger partial charge in [-0.1, -0.05) is 18.5 Å². The number of anilines is 4. The number of aliphatic hydroxyl groups is 1. The van der Waals surface area contributed by atoms with Gasteiger partial charge in [-0.3, -0.25) is 4.79 Å². The van der Waals surface area contributed by atoms with Crippen molar-refractivity contribution in [1.82, 2.24) is 14.5 Å². The molecule has 0 amide bonds. The van der Waals surface area contributed by atoms with Crippen LogP contribution in [0.25, 0.3) is 10.9 Å². The molecule has 2 aromatic heterocycles. The number of aliphatic hydroxyl groups excluding tert-OH is 1. The second kappa shape index (κ2) is 8.17. The molecule has 4 aliphatic rings. The zero-order valence-electron chi connectivity index (χ0n) is 21.6. The smallest absolute Gasteiger partial charge is 0.301 e. The number of hydrogen-bond acceptors (Lipinski definition) is 8. The number of halogens is 3. The van der Waals surface area contributed by atoms with Crippen molar-refractivity contribution in [3.63, 3.8) is 0 Å². The standard InChI is InChI=1S/C27H29ClF2N6O3/c1-25-9-26(25,12-37)11-36(10-25)24-31-8-17(28)22(34-24)32-15-5-6-18-16(7-15)19-20(23(38)35(18)2)39-13-27(29,30)21(33-19)14-3-4-14/h5-8,14,21,33,37H,3-4,9-13H2,1-2H3,(H,31,32,34)/t21-,25-,26+/m0/s1. The summed E-state index contributed by atoms with van der Waals surface area (Å²) in [5.74, 6) is -2.47. The summed E-state index contributed by atoms with van der Waals surface area (Å²) in [6, 6.07) is 4.21. The molecule has 3 atom stereocenters. The van der Waals surface area contributed by atoms with Crippen molar-refractivity contribution in [2.24, 2.45) is 23.8 Å². The number of nitrogens with one attached hydrogen (secondary N) is 2. The first-order valence-corrected chi connectivity index (χ1v) is 13.5. The third kappa shape index (κ3) is 3.76. The van der Waals surface area contributed by atoms with Crippen LogP contribution >= 0.6 is 11.6 Å². The Labute approximate surface area is 228 Å². The molecule has 3 aromatic rings. The molecular weight excluding hydrogens is 530 g/mol. The zero-order valence-corrected chi connectivity index (χ0v) is 22.4. The summed E-state index contributed by atoms with van der Waals surface area (Å²) in [4.78, 5) is 24.2. The first-order chi connectivity index (χ1) is 18.5. The molecule has 0 bridgehead atoms. The van der Waals surface area contributed by atoms with Crippen LogP contribution in [0.2, 0.25) is 5.02 Å². The van der Waals surface area contributed by atoms with E-state index in [9.17, 15) is 18.7 Å². The fourth-order valence-corrected chi connectivity index (χ4v) is 6.61. The first-order valence-electron chi connectivity index (χ1n) is 13.1. The van der Waals surface area contributed by atoms with E-state index in [0.717, 1.165) is 13.0 Å². The Hall–Kier alpha value is -3.18. The van der Waals surface area contributed by atoms with E-state index < -0.39 is 24.1 Å². The lowest BCUT2D eigenvalue weighted by Gasteiger charge is -2.25. The largest absolute Gasteiger partial charge is 0.480 e. The van der Waals surface area contributed by atoms with Crippen LogP contribution in [-0.4, -0.2) is 57.9 Å². The van der Waals surface area contributed by atoms with Gasteiger partial charge in [0.25, 0.3) is 5.56 Å². The molecule has 1 saturated heterocycles. The van der Waals surface area contributed by atoms with Crippen molar-refractivity contribution in [3.8, 4) is 5.75 Å². The molecule has 0 spiro atoms. The number of piperidine rings is 1. The molecule has 39 heavy (non-hydrogen) atoms. The Bertz CT molecular complexity index is 1580. The molecule has 1 aromatic carbocycles. The van der Waals surface area contributed by atoms with Crippen molar-refractivity contribution in [2.45, 2.75) is 38.2 Å². The van der Waals surface area contributed by atoms with E-state index in [4.69, 9.17) is 16.3 Å². The summed E-state index contributed by atoms with van der Waals surface area (Å²) in [5.41, 5.74) is 0.930. The van der Waals surface area contributed by atoms with Crippen molar-refractivity contribution >= 4 is 45.6 Å². The molecule has 7 rings (SSSR count). The van der Waals surface area contributed by atoms with E-state index >= 15 is 0 Å². The van der Waals surface area contributed by atoms with Gasteiger partial charge in [0.05, 0.1) is 30.0 Å². The number of benzene rings is 1. The average Bonchev–Trinajstić information content (AvgIpc) is 3.81. The van der Waals surface area contributed by atoms with Gasteiger partial charge in [-0.15, -0.1) is 0 Å². The van der Waals surface area contributed by atoms with Crippen molar-refractivity contribution in [2.75, 3.05) is 41.8 Å². The molecule has 0 unspecified atom stereocenters. The van der Waals surface area contributed by atoms with E-state index in [0.29, 0.717) is 52.8 Å². The fourth-order valence-electron chi connectivity index (χ4n) is 6.47. The van der Waals surface area contributed by atoms with Crippen LogP contribution in [0, 0.1) is 16.7 Å². The molecule has 0 radical (unpaired) electrons. The number of pyridine rings is 1. The number of alkyl halides is 2. The van der Waals surface area contributed by atoms with Crippen LogP contribution in [-0.2, 0) is 7.05 Å². The molecule has 12 heteroatoms. The first kappa shape index (κ1) is 24.8. The molecule has 206 valence electrons. The number of fused-ring (bicyclic) bond motifs is 4. The van der Waals surface area contributed by atoms with E-state index in [-0.39, 0.29) is 34.8 Å². The van der Waals surface area contributed by atoms with Gasteiger partial charge in [-0.2, -0.15) is 4.98 Å². The van der Waals surface area contributed by atoms with E-state index in [1.807, 2.05) is 0 Å². The maximum atomic E-state index is 14.9. The van der Waals surface area contributed by atoms with E-state index in [2.05, 4.69) is 32.4 Å². The number of hydrogen-bond donors (Lipinski definition) is 3. The summed E-state index contributed by atoms with van der Waals surface area (Å²) in [7, 11) is 1.59. The highest BCUT2D eigenvalue weighted by Crippen LogP contribution is 2.67. The Kier molecular flexibility index (Phi) is 5.20. The minimum Gasteiger partial charge on any atom is -0.480 e. The predicted octanol–water partition coefficient (Wildman–Crippen LogP) is 4.15. The lowest BCUT2D eigenvalue weighted by molar-refractivity contribution is -0.0579. The van der Waals surface area contributed by atoms with Gasteiger partial charge in [-0.05, 0) is 48.8 Å². The predicted molar refractivity (Wildman–Crippen MR) is 145 cm³/mol. The van der Waals surface area contributed by atoms with Crippen molar-refractivity contribution in [3.05, 3.63) is 39.8 Å². The van der Waals surface area contributed by atoms with Crippen LogP contribution in [0.1, 0.15) is 26.2 Å². The number of aromatic nitrogens is 3. The Balaban J connectivity index is 1.25. The van der Waals surface area contributed by atoms with Gasteiger partial charge in [0.15, 0.2) is 12.4 Å². The van der Waals surface area contributed by atoms with E-state index in [1.54, 1.807) is 31.4 Å². The molecule has 9 nitrogen and oxygen atoms in total. The average molecular weight is 559 g/mol. The summed E-state index contributed by atoms with van der Waals surface area (Å²) in [6.07, 6.45) is 3.95. The van der Waals surface area contributed by atoms with Crippen LogP contribution in [0.4, 0.5) is 31.9 Å². The normalized spacial score (nSPS) is 28.8. The number of ether oxygens (including phenoxy) is 1. The van der Waals surface area contributed by atoms with Crippen LogP contribution in [0.15, 0.2) is 29.2 Å².